The zero-order valence-corrected chi connectivity index (χ0v) is 16.2. The van der Waals surface area contributed by atoms with Crippen LogP contribution in [0.3, 0.4) is 0 Å². The minimum absolute atomic E-state index is 0.0742. The molecule has 0 aromatic heterocycles. The van der Waals surface area contributed by atoms with Gasteiger partial charge in [-0.15, -0.1) is 0 Å². The van der Waals surface area contributed by atoms with Crippen molar-refractivity contribution in [1.82, 2.24) is 4.90 Å². The van der Waals surface area contributed by atoms with Crippen molar-refractivity contribution in [3.05, 3.63) is 47.5 Å². The Morgan fingerprint density at radius 3 is 2.08 bits per heavy atom. The van der Waals surface area contributed by atoms with Crippen molar-refractivity contribution < 1.29 is 9.59 Å². The summed E-state index contributed by atoms with van der Waals surface area (Å²) in [5.74, 6) is -0.387. The molecule has 5 heteroatoms. The average molecular weight is 355 g/mol. The molecule has 0 aliphatic carbocycles. The van der Waals surface area contributed by atoms with Gasteiger partial charge in [0, 0.05) is 37.9 Å². The summed E-state index contributed by atoms with van der Waals surface area (Å²) in [6, 6.07) is 14.9. The highest BCUT2D eigenvalue weighted by atomic mass is 28.3. The van der Waals surface area contributed by atoms with Crippen molar-refractivity contribution in [2.45, 2.75) is 44.4 Å². The fourth-order valence-electron chi connectivity index (χ4n) is 3.75. The Balaban J connectivity index is 1.78. The molecule has 0 spiro atoms. The van der Waals surface area contributed by atoms with Gasteiger partial charge in [-0.05, 0) is 30.0 Å². The summed E-state index contributed by atoms with van der Waals surface area (Å²) in [5.41, 5.74) is 7.53. The van der Waals surface area contributed by atoms with E-state index in [-0.39, 0.29) is 17.9 Å². The number of nitrogens with zero attached hydrogens (tertiary/aromatic N) is 1. The summed E-state index contributed by atoms with van der Waals surface area (Å²) in [6.07, 6.45) is 0.680. The quantitative estimate of drug-likeness (QED) is 0.612. The van der Waals surface area contributed by atoms with Crippen molar-refractivity contribution in [2.75, 3.05) is 6.54 Å². The van der Waals surface area contributed by atoms with Crippen LogP contribution in [0.2, 0.25) is 18.1 Å². The molecule has 0 bridgehead atoms. The van der Waals surface area contributed by atoms with Crippen LogP contribution in [0.1, 0.15) is 41.0 Å². The van der Waals surface area contributed by atoms with Gasteiger partial charge in [0.25, 0.3) is 11.8 Å². The Hall–Kier alpha value is -1.98. The number of hydrogen-bond donors (Lipinski definition) is 1. The largest absolute Gasteiger partial charge is 0.328 e. The van der Waals surface area contributed by atoms with Crippen LogP contribution in [0.25, 0.3) is 10.8 Å². The van der Waals surface area contributed by atoms with Crippen LogP contribution in [0.5, 0.6) is 0 Å². The summed E-state index contributed by atoms with van der Waals surface area (Å²) >= 11 is 0. The van der Waals surface area contributed by atoms with Crippen molar-refractivity contribution in [1.29, 1.82) is 0 Å². The average Bonchev–Trinajstić information content (AvgIpc) is 2.63. The highest BCUT2D eigenvalue weighted by molar-refractivity contribution is 6.58. The van der Waals surface area contributed by atoms with Crippen LogP contribution < -0.4 is 5.73 Å². The third kappa shape index (κ3) is 3.39. The molecule has 2 N–H and O–H groups in total. The third-order valence-electron chi connectivity index (χ3n) is 5.37. The van der Waals surface area contributed by atoms with E-state index in [9.17, 15) is 9.59 Å². The molecule has 132 valence electrons. The standard InChI is InChI=1S/C20H26N2O2Si/c1-3-25(4-2)13-15(21)11-12-22-19(23)16-9-5-7-14-8-6-10-17(18(14)16)20(22)24/h5-10,15,25H,3-4,11-13,21H2,1-2H3. The lowest BCUT2D eigenvalue weighted by Gasteiger charge is -2.28. The Bertz CT molecular complexity index is 751. The maximum Gasteiger partial charge on any atom is 0.261 e. The monoisotopic (exact) mass is 354 g/mol. The molecule has 0 fully saturated rings. The number of hydrogen-bond acceptors (Lipinski definition) is 3. The van der Waals surface area contributed by atoms with Gasteiger partial charge in [0.1, 0.15) is 0 Å². The van der Waals surface area contributed by atoms with Crippen LogP contribution in [0.4, 0.5) is 0 Å². The second kappa shape index (κ2) is 7.50. The van der Waals surface area contributed by atoms with Gasteiger partial charge < -0.3 is 5.73 Å². The van der Waals surface area contributed by atoms with Crippen LogP contribution in [-0.4, -0.2) is 38.1 Å². The molecule has 1 atom stereocenters. The number of rotatable bonds is 7. The van der Waals surface area contributed by atoms with Crippen LogP contribution in [-0.2, 0) is 0 Å². The van der Waals surface area contributed by atoms with Gasteiger partial charge in [0.2, 0.25) is 0 Å². The number of carbonyl (C=O) groups excluding carboxylic acids is 2. The molecule has 3 rings (SSSR count). The first-order valence-corrected chi connectivity index (χ1v) is 11.6. The van der Waals surface area contributed by atoms with Crippen LogP contribution in [0.15, 0.2) is 36.4 Å². The molecule has 1 unspecified atom stereocenters. The van der Waals surface area contributed by atoms with E-state index in [2.05, 4.69) is 13.8 Å². The lowest BCUT2D eigenvalue weighted by Crippen LogP contribution is -2.42. The van der Waals surface area contributed by atoms with Crippen molar-refractivity contribution >= 4 is 31.4 Å². The molecule has 1 aliphatic rings. The summed E-state index contributed by atoms with van der Waals surface area (Å²) < 4.78 is 0. The molecule has 2 amide bonds. The molecule has 25 heavy (non-hydrogen) atoms. The molecular weight excluding hydrogens is 328 g/mol. The number of nitrogens with two attached hydrogens (primary N) is 1. The lowest BCUT2D eigenvalue weighted by atomic mass is 9.94. The SMILES string of the molecule is CC[SiH](CC)CC(N)CCN1C(=O)c2cccc3cccc(c23)C1=O. The van der Waals surface area contributed by atoms with E-state index >= 15 is 0 Å². The Morgan fingerprint density at radius 1 is 1.00 bits per heavy atom. The second-order valence-electron chi connectivity index (χ2n) is 6.94. The summed E-state index contributed by atoms with van der Waals surface area (Å²) in [6.45, 7) is 4.88. The van der Waals surface area contributed by atoms with Crippen molar-refractivity contribution in [2.24, 2.45) is 5.73 Å². The zero-order valence-electron chi connectivity index (χ0n) is 15.0. The predicted octanol–water partition coefficient (Wildman–Crippen LogP) is 3.42. The first-order chi connectivity index (χ1) is 12.1. The predicted molar refractivity (Wildman–Crippen MR) is 105 cm³/mol. The van der Waals surface area contributed by atoms with Crippen LogP contribution in [0, 0.1) is 0 Å². The number of carbonyl (C=O) groups is 2. The molecule has 2 aromatic rings. The van der Waals surface area contributed by atoms with E-state index in [0.29, 0.717) is 24.1 Å². The van der Waals surface area contributed by atoms with Crippen molar-refractivity contribution in [3.63, 3.8) is 0 Å². The van der Waals surface area contributed by atoms with E-state index in [1.807, 2.05) is 36.4 Å². The fourth-order valence-corrected chi connectivity index (χ4v) is 6.08. The minimum atomic E-state index is -0.760. The topological polar surface area (TPSA) is 63.4 Å². The maximum absolute atomic E-state index is 12.8. The minimum Gasteiger partial charge on any atom is -0.328 e. The molecular formula is C20H26N2O2Si. The van der Waals surface area contributed by atoms with Gasteiger partial charge >= 0.3 is 0 Å². The molecule has 1 heterocycles. The normalized spacial score (nSPS) is 15.3. The Kier molecular flexibility index (Phi) is 5.35. The van der Waals surface area contributed by atoms with E-state index in [1.54, 1.807) is 0 Å². The van der Waals surface area contributed by atoms with Gasteiger partial charge in [0.15, 0.2) is 0 Å². The Labute approximate surface area is 150 Å². The summed E-state index contributed by atoms with van der Waals surface area (Å²) in [4.78, 5) is 27.0. The first kappa shape index (κ1) is 17.8. The number of imide groups is 1. The number of benzene rings is 2. The van der Waals surface area contributed by atoms with Gasteiger partial charge in [-0.2, -0.15) is 0 Å². The van der Waals surface area contributed by atoms with Crippen LogP contribution >= 0.6 is 0 Å². The number of amides is 2. The summed E-state index contributed by atoms with van der Waals surface area (Å²) in [7, 11) is -0.760. The third-order valence-corrected chi connectivity index (χ3v) is 8.95. The highest BCUT2D eigenvalue weighted by Gasteiger charge is 2.32. The lowest BCUT2D eigenvalue weighted by molar-refractivity contribution is 0.0607. The van der Waals surface area contributed by atoms with E-state index in [4.69, 9.17) is 5.73 Å². The zero-order chi connectivity index (χ0) is 18.0. The molecule has 4 nitrogen and oxygen atoms in total. The first-order valence-electron chi connectivity index (χ1n) is 9.20. The molecule has 0 saturated heterocycles. The molecule has 0 saturated carbocycles. The second-order valence-corrected chi connectivity index (χ2v) is 10.8. The molecule has 1 aliphatic heterocycles. The van der Waals surface area contributed by atoms with E-state index in [0.717, 1.165) is 16.8 Å². The fraction of sp³-hybridized carbons (Fsp3) is 0.400. The van der Waals surface area contributed by atoms with Gasteiger partial charge in [-0.3, -0.25) is 14.5 Å². The molecule has 2 aromatic carbocycles. The van der Waals surface area contributed by atoms with Crippen molar-refractivity contribution in [3.8, 4) is 0 Å². The smallest absolute Gasteiger partial charge is 0.261 e. The molecule has 0 radical (unpaired) electrons. The van der Waals surface area contributed by atoms with Gasteiger partial charge in [-0.1, -0.05) is 50.2 Å². The van der Waals surface area contributed by atoms with E-state index < -0.39 is 8.80 Å². The maximum atomic E-state index is 12.8. The van der Waals surface area contributed by atoms with Gasteiger partial charge in [0.05, 0.1) is 0 Å². The Morgan fingerprint density at radius 2 is 1.56 bits per heavy atom. The summed E-state index contributed by atoms with van der Waals surface area (Å²) in [5, 5.41) is 1.72. The van der Waals surface area contributed by atoms with Gasteiger partial charge in [-0.25, -0.2) is 0 Å². The van der Waals surface area contributed by atoms with E-state index in [1.165, 1.54) is 17.0 Å². The highest BCUT2D eigenvalue weighted by Crippen LogP contribution is 2.30.